The number of nitrogens with one attached hydrogen (secondary N) is 2. The lowest BCUT2D eigenvalue weighted by atomic mass is 10.2. The van der Waals surface area contributed by atoms with Gasteiger partial charge in [0, 0.05) is 6.54 Å². The van der Waals surface area contributed by atoms with Crippen LogP contribution in [-0.2, 0) is 4.79 Å². The molecule has 0 aliphatic heterocycles. The Bertz CT molecular complexity index is 707. The fourth-order valence-electron chi connectivity index (χ4n) is 2.02. The molecule has 2 aromatic rings. The van der Waals surface area contributed by atoms with Crippen molar-refractivity contribution in [2.45, 2.75) is 26.3 Å². The van der Waals surface area contributed by atoms with Gasteiger partial charge in [-0.2, -0.15) is 0 Å². The maximum absolute atomic E-state index is 12.1. The number of nitrogens with zero attached hydrogens (tertiary/aromatic N) is 1. The van der Waals surface area contributed by atoms with Crippen LogP contribution in [0.5, 0.6) is 0 Å². The summed E-state index contributed by atoms with van der Waals surface area (Å²) >= 11 is 17.3. The predicted octanol–water partition coefficient (Wildman–Crippen LogP) is 4.09. The number of benzene rings is 1. The van der Waals surface area contributed by atoms with Crippen molar-refractivity contribution >= 4 is 52.4 Å². The van der Waals surface area contributed by atoms with E-state index < -0.39 is 6.04 Å². The smallest absolute Gasteiger partial charge is 0.242 e. The molecule has 0 fully saturated rings. The Hall–Kier alpha value is -1.04. The molecule has 0 saturated heterocycles. The van der Waals surface area contributed by atoms with E-state index in [1.54, 1.807) is 23.6 Å². The summed E-state index contributed by atoms with van der Waals surface area (Å²) in [4.78, 5) is 15.1. The highest BCUT2D eigenvalue weighted by Gasteiger charge is 2.18. The molecule has 2 rings (SSSR count). The third kappa shape index (κ3) is 2.85. The van der Waals surface area contributed by atoms with Crippen LogP contribution in [0.15, 0.2) is 12.1 Å². The molecule has 20 heavy (non-hydrogen) atoms. The summed E-state index contributed by atoms with van der Waals surface area (Å²) in [7, 11) is 0. The van der Waals surface area contributed by atoms with Crippen molar-refractivity contribution < 1.29 is 4.79 Å². The molecular formula is C13H15Cl2N3OS. The van der Waals surface area contributed by atoms with Gasteiger partial charge in [-0.15, -0.1) is 0 Å². The maximum Gasteiger partial charge on any atom is 0.242 e. The first kappa shape index (κ1) is 15.4. The number of fused-ring (bicyclic) bond motifs is 1. The van der Waals surface area contributed by atoms with Gasteiger partial charge in [-0.25, -0.2) is 0 Å². The minimum absolute atomic E-state index is 0.0741. The first-order valence-corrected chi connectivity index (χ1v) is 7.49. The van der Waals surface area contributed by atoms with Crippen molar-refractivity contribution in [2.75, 3.05) is 6.54 Å². The second kappa shape index (κ2) is 6.16. The monoisotopic (exact) mass is 331 g/mol. The van der Waals surface area contributed by atoms with Crippen LogP contribution in [0.1, 0.15) is 26.3 Å². The minimum Gasteiger partial charge on any atom is -0.354 e. The second-order valence-electron chi connectivity index (χ2n) is 4.55. The Balaban J connectivity index is 2.48. The standard InChI is InChI=1S/C13H15Cl2N3OS/c1-3-4-16-12(19)7(2)18-11-6-9(15)8(14)5-10(11)17-13(18)20/h5-7H,3-4H2,1-2H3,(H,16,19)(H,17,20). The number of aromatic amines is 1. The van der Waals surface area contributed by atoms with Crippen LogP contribution in [0.4, 0.5) is 0 Å². The summed E-state index contributed by atoms with van der Waals surface area (Å²) in [6.45, 7) is 4.45. The molecule has 7 heteroatoms. The average molecular weight is 332 g/mol. The number of halogens is 2. The number of hydrogen-bond donors (Lipinski definition) is 2. The first-order valence-electron chi connectivity index (χ1n) is 6.32. The minimum atomic E-state index is -0.417. The molecule has 1 aromatic heterocycles. The molecule has 0 bridgehead atoms. The van der Waals surface area contributed by atoms with E-state index in [1.807, 2.05) is 6.92 Å². The molecule has 0 aliphatic carbocycles. The fourth-order valence-corrected chi connectivity index (χ4v) is 2.71. The molecule has 0 spiro atoms. The molecule has 0 radical (unpaired) electrons. The van der Waals surface area contributed by atoms with Gasteiger partial charge >= 0.3 is 0 Å². The zero-order valence-electron chi connectivity index (χ0n) is 11.2. The van der Waals surface area contributed by atoms with E-state index in [-0.39, 0.29) is 5.91 Å². The van der Waals surface area contributed by atoms with Gasteiger partial charge in [0.05, 0.1) is 21.1 Å². The summed E-state index contributed by atoms with van der Waals surface area (Å²) in [6, 6.07) is 3.01. The number of amides is 1. The zero-order valence-corrected chi connectivity index (χ0v) is 13.5. The molecule has 108 valence electrons. The Morgan fingerprint density at radius 1 is 1.45 bits per heavy atom. The van der Waals surface area contributed by atoms with Crippen LogP contribution < -0.4 is 5.32 Å². The van der Waals surface area contributed by atoms with Gasteiger partial charge in [0.1, 0.15) is 6.04 Å². The SMILES string of the molecule is CCCNC(=O)C(C)n1c(=S)[nH]c2cc(Cl)c(Cl)cc21. The Kier molecular flexibility index (Phi) is 4.73. The maximum atomic E-state index is 12.1. The van der Waals surface area contributed by atoms with Gasteiger partial charge in [-0.1, -0.05) is 30.1 Å². The largest absolute Gasteiger partial charge is 0.354 e. The number of imidazole rings is 1. The second-order valence-corrected chi connectivity index (χ2v) is 5.75. The fraction of sp³-hybridized carbons (Fsp3) is 0.385. The molecule has 0 aliphatic rings. The Morgan fingerprint density at radius 2 is 2.10 bits per heavy atom. The molecule has 4 nitrogen and oxygen atoms in total. The van der Waals surface area contributed by atoms with Crippen molar-refractivity contribution in [3.8, 4) is 0 Å². The molecular weight excluding hydrogens is 317 g/mol. The lowest BCUT2D eigenvalue weighted by Gasteiger charge is -2.14. The van der Waals surface area contributed by atoms with Crippen molar-refractivity contribution in [2.24, 2.45) is 0 Å². The van der Waals surface area contributed by atoms with E-state index in [9.17, 15) is 4.79 Å². The van der Waals surface area contributed by atoms with E-state index >= 15 is 0 Å². The molecule has 2 N–H and O–H groups in total. The zero-order chi connectivity index (χ0) is 14.9. The number of H-pyrrole nitrogens is 1. The van der Waals surface area contributed by atoms with Crippen LogP contribution in [-0.4, -0.2) is 22.0 Å². The molecule has 1 atom stereocenters. The number of aromatic nitrogens is 2. The van der Waals surface area contributed by atoms with E-state index in [0.29, 0.717) is 21.4 Å². The van der Waals surface area contributed by atoms with Crippen LogP contribution in [0.2, 0.25) is 10.0 Å². The highest BCUT2D eigenvalue weighted by atomic mass is 35.5. The molecule has 1 unspecified atom stereocenters. The molecule has 1 amide bonds. The normalized spacial score (nSPS) is 12.6. The number of rotatable bonds is 4. The van der Waals surface area contributed by atoms with Crippen LogP contribution >= 0.6 is 35.4 Å². The van der Waals surface area contributed by atoms with Gasteiger partial charge in [-0.3, -0.25) is 4.79 Å². The highest BCUT2D eigenvalue weighted by Crippen LogP contribution is 2.29. The highest BCUT2D eigenvalue weighted by molar-refractivity contribution is 7.71. The number of carbonyl (C=O) groups excluding carboxylic acids is 1. The third-order valence-electron chi connectivity index (χ3n) is 3.07. The Morgan fingerprint density at radius 3 is 2.75 bits per heavy atom. The summed E-state index contributed by atoms with van der Waals surface area (Å²) in [5.74, 6) is -0.0741. The van der Waals surface area contributed by atoms with E-state index in [2.05, 4.69) is 10.3 Å². The molecule has 0 saturated carbocycles. The first-order chi connectivity index (χ1) is 9.45. The van der Waals surface area contributed by atoms with Crippen molar-refractivity contribution in [1.29, 1.82) is 0 Å². The quantitative estimate of drug-likeness (QED) is 0.829. The van der Waals surface area contributed by atoms with Gasteiger partial charge in [-0.05, 0) is 37.7 Å². The van der Waals surface area contributed by atoms with E-state index in [1.165, 1.54) is 0 Å². The van der Waals surface area contributed by atoms with Crippen molar-refractivity contribution in [1.82, 2.24) is 14.9 Å². The van der Waals surface area contributed by atoms with Crippen LogP contribution in [0.25, 0.3) is 11.0 Å². The van der Waals surface area contributed by atoms with Gasteiger partial charge in [0.25, 0.3) is 0 Å². The molecule has 1 heterocycles. The van der Waals surface area contributed by atoms with Gasteiger partial charge in [0.15, 0.2) is 4.77 Å². The third-order valence-corrected chi connectivity index (χ3v) is 4.10. The lowest BCUT2D eigenvalue weighted by Crippen LogP contribution is -2.31. The van der Waals surface area contributed by atoms with E-state index in [4.69, 9.17) is 35.4 Å². The van der Waals surface area contributed by atoms with Gasteiger partial charge < -0.3 is 14.9 Å². The van der Waals surface area contributed by atoms with Crippen LogP contribution in [0.3, 0.4) is 0 Å². The van der Waals surface area contributed by atoms with Gasteiger partial charge in [0.2, 0.25) is 5.91 Å². The van der Waals surface area contributed by atoms with Crippen molar-refractivity contribution in [3.63, 3.8) is 0 Å². The lowest BCUT2D eigenvalue weighted by molar-refractivity contribution is -0.123. The number of hydrogen-bond acceptors (Lipinski definition) is 2. The average Bonchev–Trinajstić information content (AvgIpc) is 2.71. The Labute approximate surface area is 132 Å². The van der Waals surface area contributed by atoms with E-state index in [0.717, 1.165) is 17.5 Å². The van der Waals surface area contributed by atoms with Crippen molar-refractivity contribution in [3.05, 3.63) is 26.9 Å². The predicted molar refractivity (Wildman–Crippen MR) is 85.2 cm³/mol. The molecule has 1 aromatic carbocycles. The number of carbonyl (C=O) groups is 1. The summed E-state index contributed by atoms with van der Waals surface area (Å²) in [6.07, 6.45) is 0.888. The summed E-state index contributed by atoms with van der Waals surface area (Å²) in [5, 5.41) is 3.74. The topological polar surface area (TPSA) is 49.8 Å². The summed E-state index contributed by atoms with van der Waals surface area (Å²) in [5.41, 5.74) is 1.53. The van der Waals surface area contributed by atoms with Crippen LogP contribution in [0, 0.1) is 4.77 Å². The summed E-state index contributed by atoms with van der Waals surface area (Å²) < 4.78 is 2.22.